The Morgan fingerprint density at radius 3 is 2.81 bits per heavy atom. The second-order valence-electron chi connectivity index (χ2n) is 4.31. The van der Waals surface area contributed by atoms with E-state index in [1.54, 1.807) is 24.3 Å². The van der Waals surface area contributed by atoms with Crippen LogP contribution in [0.25, 0.3) is 6.08 Å². The Bertz CT molecular complexity index is 660. The molecule has 21 heavy (non-hydrogen) atoms. The van der Waals surface area contributed by atoms with Crippen molar-refractivity contribution >= 4 is 12.0 Å². The van der Waals surface area contributed by atoms with Crippen LogP contribution in [0.2, 0.25) is 0 Å². The largest absolute Gasteiger partial charge is 0.493 e. The molecule has 0 bridgehead atoms. The third-order valence-electron chi connectivity index (χ3n) is 2.65. The summed E-state index contributed by atoms with van der Waals surface area (Å²) < 4.78 is 15.9. The molecule has 0 aliphatic heterocycles. The van der Waals surface area contributed by atoms with Crippen LogP contribution >= 0.6 is 0 Å². The molecule has 1 aromatic carbocycles. The predicted molar refractivity (Wildman–Crippen MR) is 75.2 cm³/mol. The van der Waals surface area contributed by atoms with E-state index in [9.17, 15) is 4.79 Å². The third kappa shape index (κ3) is 4.10. The highest BCUT2D eigenvalue weighted by Gasteiger charge is 2.07. The van der Waals surface area contributed by atoms with Gasteiger partial charge in [0, 0.05) is 12.1 Å². The van der Waals surface area contributed by atoms with Gasteiger partial charge in [-0.05, 0) is 30.7 Å². The van der Waals surface area contributed by atoms with Crippen LogP contribution < -0.4 is 9.47 Å². The first kappa shape index (κ1) is 14.6. The number of ether oxygens (including phenoxy) is 2. The smallest absolute Gasteiger partial charge is 0.328 e. The summed E-state index contributed by atoms with van der Waals surface area (Å²) in [6.45, 7) is 2.07. The molecular formula is C15H15NO5. The Balaban J connectivity index is 2.10. The number of rotatable bonds is 6. The van der Waals surface area contributed by atoms with Gasteiger partial charge in [-0.1, -0.05) is 11.2 Å². The molecule has 110 valence electrons. The van der Waals surface area contributed by atoms with Gasteiger partial charge >= 0.3 is 5.97 Å². The molecule has 6 nitrogen and oxygen atoms in total. The van der Waals surface area contributed by atoms with Crippen LogP contribution in [0.5, 0.6) is 11.5 Å². The van der Waals surface area contributed by atoms with E-state index in [2.05, 4.69) is 5.16 Å². The first-order chi connectivity index (χ1) is 10.1. The molecular weight excluding hydrogens is 274 g/mol. The number of aromatic nitrogens is 1. The summed E-state index contributed by atoms with van der Waals surface area (Å²) in [4.78, 5) is 10.5. The second-order valence-corrected chi connectivity index (χ2v) is 4.31. The van der Waals surface area contributed by atoms with Gasteiger partial charge in [0.15, 0.2) is 17.3 Å². The highest BCUT2D eigenvalue weighted by atomic mass is 16.5. The third-order valence-corrected chi connectivity index (χ3v) is 2.65. The fourth-order valence-corrected chi connectivity index (χ4v) is 1.71. The number of aliphatic carboxylic acids is 1. The molecule has 0 aliphatic rings. The lowest BCUT2D eigenvalue weighted by atomic mass is 10.2. The molecule has 6 heteroatoms. The molecule has 0 atom stereocenters. The Labute approximate surface area is 121 Å². The Hall–Kier alpha value is -2.76. The molecule has 2 aromatic rings. The van der Waals surface area contributed by atoms with Crippen LogP contribution in [0, 0.1) is 6.92 Å². The van der Waals surface area contributed by atoms with Crippen molar-refractivity contribution in [3.8, 4) is 11.5 Å². The normalized spacial score (nSPS) is 10.8. The lowest BCUT2D eigenvalue weighted by Crippen LogP contribution is -1.97. The molecule has 2 rings (SSSR count). The van der Waals surface area contributed by atoms with Gasteiger partial charge in [-0.3, -0.25) is 0 Å². The molecule has 0 saturated heterocycles. The lowest BCUT2D eigenvalue weighted by Gasteiger charge is -2.10. The minimum absolute atomic E-state index is 0.238. The number of aryl methyl sites for hydroxylation is 1. The molecule has 0 spiro atoms. The Kier molecular flexibility index (Phi) is 4.61. The van der Waals surface area contributed by atoms with Crippen LogP contribution in [-0.2, 0) is 11.4 Å². The topological polar surface area (TPSA) is 81.8 Å². The molecule has 0 unspecified atom stereocenters. The number of carboxylic acids is 1. The van der Waals surface area contributed by atoms with E-state index in [-0.39, 0.29) is 6.61 Å². The van der Waals surface area contributed by atoms with Gasteiger partial charge in [0.05, 0.1) is 12.8 Å². The quantitative estimate of drug-likeness (QED) is 0.823. The summed E-state index contributed by atoms with van der Waals surface area (Å²) in [5, 5.41) is 12.4. The Morgan fingerprint density at radius 1 is 1.38 bits per heavy atom. The van der Waals surface area contributed by atoms with E-state index >= 15 is 0 Å². The van der Waals surface area contributed by atoms with Crippen molar-refractivity contribution in [2.75, 3.05) is 7.11 Å². The van der Waals surface area contributed by atoms with Crippen molar-refractivity contribution in [3.05, 3.63) is 47.4 Å². The molecule has 0 fully saturated rings. The maximum Gasteiger partial charge on any atom is 0.328 e. The van der Waals surface area contributed by atoms with Crippen LogP contribution in [0.3, 0.4) is 0 Å². The van der Waals surface area contributed by atoms with Crippen molar-refractivity contribution in [1.29, 1.82) is 0 Å². The summed E-state index contributed by atoms with van der Waals surface area (Å²) in [5.41, 5.74) is 1.49. The van der Waals surface area contributed by atoms with Crippen LogP contribution in [0.1, 0.15) is 17.0 Å². The minimum atomic E-state index is -1.00. The van der Waals surface area contributed by atoms with Gasteiger partial charge < -0.3 is 19.1 Å². The number of hydrogen-bond acceptors (Lipinski definition) is 5. The average molecular weight is 289 g/mol. The van der Waals surface area contributed by atoms with E-state index < -0.39 is 5.97 Å². The van der Waals surface area contributed by atoms with Gasteiger partial charge in [-0.25, -0.2) is 4.79 Å². The lowest BCUT2D eigenvalue weighted by molar-refractivity contribution is -0.131. The van der Waals surface area contributed by atoms with Crippen LogP contribution in [0.4, 0.5) is 0 Å². The minimum Gasteiger partial charge on any atom is -0.493 e. The first-order valence-corrected chi connectivity index (χ1v) is 6.22. The van der Waals surface area contributed by atoms with E-state index in [0.717, 1.165) is 11.8 Å². The van der Waals surface area contributed by atoms with Crippen molar-refractivity contribution in [2.45, 2.75) is 13.5 Å². The zero-order chi connectivity index (χ0) is 15.2. The monoisotopic (exact) mass is 289 g/mol. The first-order valence-electron chi connectivity index (χ1n) is 6.22. The maximum atomic E-state index is 10.5. The van der Waals surface area contributed by atoms with Crippen molar-refractivity contribution in [2.24, 2.45) is 0 Å². The molecule has 0 saturated carbocycles. The van der Waals surface area contributed by atoms with Crippen molar-refractivity contribution in [3.63, 3.8) is 0 Å². The average Bonchev–Trinajstić information content (AvgIpc) is 2.88. The molecule has 0 amide bonds. The van der Waals surface area contributed by atoms with E-state index in [1.807, 2.05) is 6.92 Å². The summed E-state index contributed by atoms with van der Waals surface area (Å²) in [7, 11) is 1.52. The van der Waals surface area contributed by atoms with Crippen LogP contribution in [0.15, 0.2) is 34.9 Å². The SMILES string of the molecule is COc1cc(/C=C/C(=O)O)ccc1OCc1cc(C)no1. The number of benzene rings is 1. The molecule has 0 radical (unpaired) electrons. The number of carbonyl (C=O) groups is 1. The van der Waals surface area contributed by atoms with E-state index in [0.29, 0.717) is 22.8 Å². The Morgan fingerprint density at radius 2 is 2.19 bits per heavy atom. The number of hydrogen-bond donors (Lipinski definition) is 1. The van der Waals surface area contributed by atoms with Crippen LogP contribution in [-0.4, -0.2) is 23.3 Å². The standard InChI is InChI=1S/C15H15NO5/c1-10-7-12(21-16-10)9-20-13-5-3-11(4-6-15(17)18)8-14(13)19-2/h3-8H,9H2,1-2H3,(H,17,18)/b6-4+. The summed E-state index contributed by atoms with van der Waals surface area (Å²) in [5.74, 6) is 0.664. The van der Waals surface area contributed by atoms with Crippen molar-refractivity contribution in [1.82, 2.24) is 5.16 Å². The zero-order valence-electron chi connectivity index (χ0n) is 11.7. The molecule has 1 heterocycles. The van der Waals surface area contributed by atoms with Gasteiger partial charge in [-0.2, -0.15) is 0 Å². The van der Waals surface area contributed by atoms with Gasteiger partial charge in [0.25, 0.3) is 0 Å². The van der Waals surface area contributed by atoms with Gasteiger partial charge in [0.2, 0.25) is 0 Å². The summed E-state index contributed by atoms with van der Waals surface area (Å²) >= 11 is 0. The summed E-state index contributed by atoms with van der Waals surface area (Å²) in [6.07, 6.45) is 2.54. The maximum absolute atomic E-state index is 10.5. The predicted octanol–water partition coefficient (Wildman–Crippen LogP) is 2.67. The second kappa shape index (κ2) is 6.60. The molecule has 1 aromatic heterocycles. The highest BCUT2D eigenvalue weighted by Crippen LogP contribution is 2.29. The zero-order valence-corrected chi connectivity index (χ0v) is 11.7. The number of nitrogens with zero attached hydrogens (tertiary/aromatic N) is 1. The highest BCUT2D eigenvalue weighted by molar-refractivity contribution is 5.85. The van der Waals surface area contributed by atoms with Gasteiger partial charge in [0.1, 0.15) is 6.61 Å². The fraction of sp³-hybridized carbons (Fsp3) is 0.200. The summed E-state index contributed by atoms with van der Waals surface area (Å²) in [6, 6.07) is 6.93. The molecule has 1 N–H and O–H groups in total. The number of carboxylic acid groups (broad SMARTS) is 1. The van der Waals surface area contributed by atoms with E-state index in [4.69, 9.17) is 19.1 Å². The number of methoxy groups -OCH3 is 1. The van der Waals surface area contributed by atoms with E-state index in [1.165, 1.54) is 13.2 Å². The van der Waals surface area contributed by atoms with Gasteiger partial charge in [-0.15, -0.1) is 0 Å². The molecule has 0 aliphatic carbocycles. The van der Waals surface area contributed by atoms with Crippen molar-refractivity contribution < 1.29 is 23.9 Å². The fourth-order valence-electron chi connectivity index (χ4n) is 1.71.